The van der Waals surface area contributed by atoms with Crippen LogP contribution in [0.5, 0.6) is 0 Å². The van der Waals surface area contributed by atoms with Crippen LogP contribution in [-0.2, 0) is 11.3 Å². The second kappa shape index (κ2) is 6.48. The average Bonchev–Trinajstić information content (AvgIpc) is 2.91. The molecular formula is C14H19N3O. The van der Waals surface area contributed by atoms with Gasteiger partial charge in [-0.05, 0) is 25.5 Å². The first kappa shape index (κ1) is 13.0. The van der Waals surface area contributed by atoms with E-state index < -0.39 is 0 Å². The van der Waals surface area contributed by atoms with E-state index in [1.165, 1.54) is 6.42 Å². The monoisotopic (exact) mass is 245 g/mol. The fourth-order valence-electron chi connectivity index (χ4n) is 2.29. The number of rotatable bonds is 5. The lowest BCUT2D eigenvalue weighted by Gasteiger charge is -2.23. The number of aromatic nitrogens is 1. The minimum Gasteiger partial charge on any atom is -0.377 e. The van der Waals surface area contributed by atoms with Gasteiger partial charge in [0.05, 0.1) is 6.10 Å². The van der Waals surface area contributed by atoms with Crippen molar-refractivity contribution in [3.63, 3.8) is 0 Å². The van der Waals surface area contributed by atoms with Gasteiger partial charge in [-0.3, -0.25) is 4.90 Å². The molecule has 1 atom stereocenters. The molecule has 1 aromatic rings. The summed E-state index contributed by atoms with van der Waals surface area (Å²) in [6, 6.07) is 6.01. The number of hydrogen-bond acceptors (Lipinski definition) is 4. The van der Waals surface area contributed by atoms with Gasteiger partial charge in [0.25, 0.3) is 0 Å². The van der Waals surface area contributed by atoms with E-state index in [4.69, 9.17) is 10.00 Å². The van der Waals surface area contributed by atoms with Crippen LogP contribution in [0.4, 0.5) is 0 Å². The minimum absolute atomic E-state index is 0.354. The summed E-state index contributed by atoms with van der Waals surface area (Å²) in [5.41, 5.74) is 1.53. The van der Waals surface area contributed by atoms with Crippen LogP contribution in [0, 0.1) is 11.3 Å². The lowest BCUT2D eigenvalue weighted by atomic mass is 10.1. The molecule has 1 aliphatic rings. The zero-order valence-electron chi connectivity index (χ0n) is 10.8. The first-order valence-electron chi connectivity index (χ1n) is 6.51. The Labute approximate surface area is 108 Å². The summed E-state index contributed by atoms with van der Waals surface area (Å²) in [6.45, 7) is 5.69. The maximum atomic E-state index is 9.03. The van der Waals surface area contributed by atoms with Gasteiger partial charge in [-0.2, -0.15) is 5.26 Å². The molecule has 2 rings (SSSR count). The molecule has 0 N–H and O–H groups in total. The first-order valence-corrected chi connectivity index (χ1v) is 6.51. The standard InChI is InChI=1S/C14H19N3O/c1-2-17(11-13-6-4-8-18-13)10-12-5-3-7-16-14(12)9-15/h3,5,7,13H,2,4,6,8,10-11H2,1H3. The first-order chi connectivity index (χ1) is 8.83. The topological polar surface area (TPSA) is 49.2 Å². The van der Waals surface area contributed by atoms with Gasteiger partial charge in [0.2, 0.25) is 0 Å². The Bertz CT molecular complexity index is 421. The van der Waals surface area contributed by atoms with E-state index in [1.54, 1.807) is 6.20 Å². The van der Waals surface area contributed by atoms with E-state index >= 15 is 0 Å². The number of nitriles is 1. The molecule has 0 aliphatic carbocycles. The molecule has 1 aliphatic heterocycles. The molecule has 0 radical (unpaired) electrons. The lowest BCUT2D eigenvalue weighted by molar-refractivity contribution is 0.0724. The largest absolute Gasteiger partial charge is 0.377 e. The molecule has 0 bridgehead atoms. The number of likely N-dealkylation sites (N-methyl/N-ethyl adjacent to an activating group) is 1. The Morgan fingerprint density at radius 1 is 1.61 bits per heavy atom. The molecule has 4 nitrogen and oxygen atoms in total. The predicted molar refractivity (Wildman–Crippen MR) is 68.9 cm³/mol. The Kier molecular flexibility index (Phi) is 4.68. The van der Waals surface area contributed by atoms with Crippen molar-refractivity contribution >= 4 is 0 Å². The third kappa shape index (κ3) is 3.28. The van der Waals surface area contributed by atoms with Crippen molar-refractivity contribution in [2.75, 3.05) is 19.7 Å². The van der Waals surface area contributed by atoms with Gasteiger partial charge in [0, 0.05) is 31.5 Å². The Morgan fingerprint density at radius 3 is 3.17 bits per heavy atom. The van der Waals surface area contributed by atoms with Gasteiger partial charge in [0.15, 0.2) is 0 Å². The molecular weight excluding hydrogens is 226 g/mol. The SMILES string of the molecule is CCN(Cc1cccnc1C#N)CC1CCCO1. The molecule has 1 aromatic heterocycles. The normalized spacial score (nSPS) is 19.1. The molecule has 4 heteroatoms. The van der Waals surface area contributed by atoms with E-state index in [1.807, 2.05) is 12.1 Å². The van der Waals surface area contributed by atoms with E-state index in [0.29, 0.717) is 11.8 Å². The summed E-state index contributed by atoms with van der Waals surface area (Å²) < 4.78 is 5.66. The zero-order chi connectivity index (χ0) is 12.8. The predicted octanol–water partition coefficient (Wildman–Crippen LogP) is 1.95. The highest BCUT2D eigenvalue weighted by Gasteiger charge is 2.19. The highest BCUT2D eigenvalue weighted by molar-refractivity contribution is 5.30. The molecule has 1 fully saturated rings. The number of ether oxygens (including phenoxy) is 1. The third-order valence-electron chi connectivity index (χ3n) is 3.32. The summed E-state index contributed by atoms with van der Waals surface area (Å²) in [5, 5.41) is 9.03. The van der Waals surface area contributed by atoms with Crippen LogP contribution in [-0.4, -0.2) is 35.7 Å². The van der Waals surface area contributed by atoms with E-state index in [2.05, 4.69) is 22.9 Å². The molecule has 1 unspecified atom stereocenters. The molecule has 0 saturated carbocycles. The lowest BCUT2D eigenvalue weighted by Crippen LogP contribution is -2.31. The fourth-order valence-corrected chi connectivity index (χ4v) is 2.29. The average molecular weight is 245 g/mol. The van der Waals surface area contributed by atoms with Crippen LogP contribution < -0.4 is 0 Å². The van der Waals surface area contributed by atoms with Crippen LogP contribution in [0.15, 0.2) is 18.3 Å². The van der Waals surface area contributed by atoms with E-state index in [0.717, 1.165) is 38.2 Å². The van der Waals surface area contributed by atoms with E-state index in [-0.39, 0.29) is 0 Å². The number of nitrogens with zero attached hydrogens (tertiary/aromatic N) is 3. The van der Waals surface area contributed by atoms with Crippen molar-refractivity contribution in [2.45, 2.75) is 32.4 Å². The molecule has 18 heavy (non-hydrogen) atoms. The van der Waals surface area contributed by atoms with Gasteiger partial charge in [-0.15, -0.1) is 0 Å². The second-order valence-electron chi connectivity index (χ2n) is 4.59. The summed E-state index contributed by atoms with van der Waals surface area (Å²) in [5.74, 6) is 0. The molecule has 0 spiro atoms. The van der Waals surface area contributed by atoms with Crippen molar-refractivity contribution in [3.05, 3.63) is 29.6 Å². The van der Waals surface area contributed by atoms with Crippen molar-refractivity contribution in [1.82, 2.24) is 9.88 Å². The molecule has 0 amide bonds. The molecule has 2 heterocycles. The highest BCUT2D eigenvalue weighted by atomic mass is 16.5. The second-order valence-corrected chi connectivity index (χ2v) is 4.59. The van der Waals surface area contributed by atoms with Crippen LogP contribution in [0.1, 0.15) is 31.0 Å². The molecule has 0 aromatic carbocycles. The highest BCUT2D eigenvalue weighted by Crippen LogP contribution is 2.15. The van der Waals surface area contributed by atoms with Crippen molar-refractivity contribution < 1.29 is 4.74 Å². The summed E-state index contributed by atoms with van der Waals surface area (Å²) in [7, 11) is 0. The quantitative estimate of drug-likeness (QED) is 0.795. The fraction of sp³-hybridized carbons (Fsp3) is 0.571. The summed E-state index contributed by atoms with van der Waals surface area (Å²) >= 11 is 0. The maximum absolute atomic E-state index is 9.03. The van der Waals surface area contributed by atoms with Crippen molar-refractivity contribution in [3.8, 4) is 6.07 Å². The number of pyridine rings is 1. The summed E-state index contributed by atoms with van der Waals surface area (Å²) in [6.07, 6.45) is 4.33. The van der Waals surface area contributed by atoms with Gasteiger partial charge >= 0.3 is 0 Å². The Hall–Kier alpha value is -1.44. The van der Waals surface area contributed by atoms with Gasteiger partial charge in [0.1, 0.15) is 11.8 Å². The van der Waals surface area contributed by atoms with Crippen LogP contribution in [0.2, 0.25) is 0 Å². The van der Waals surface area contributed by atoms with Crippen LogP contribution in [0.3, 0.4) is 0 Å². The Morgan fingerprint density at radius 2 is 2.50 bits per heavy atom. The van der Waals surface area contributed by atoms with Gasteiger partial charge < -0.3 is 4.74 Å². The van der Waals surface area contributed by atoms with E-state index in [9.17, 15) is 0 Å². The van der Waals surface area contributed by atoms with Crippen LogP contribution in [0.25, 0.3) is 0 Å². The third-order valence-corrected chi connectivity index (χ3v) is 3.32. The molecule has 1 saturated heterocycles. The van der Waals surface area contributed by atoms with Crippen molar-refractivity contribution in [2.24, 2.45) is 0 Å². The van der Waals surface area contributed by atoms with Crippen molar-refractivity contribution in [1.29, 1.82) is 5.26 Å². The number of hydrogen-bond donors (Lipinski definition) is 0. The van der Waals surface area contributed by atoms with Gasteiger partial charge in [-0.1, -0.05) is 13.0 Å². The summed E-state index contributed by atoms with van der Waals surface area (Å²) in [4.78, 5) is 6.41. The molecule has 96 valence electrons. The van der Waals surface area contributed by atoms with Gasteiger partial charge in [-0.25, -0.2) is 4.98 Å². The maximum Gasteiger partial charge on any atom is 0.144 e. The van der Waals surface area contributed by atoms with Crippen LogP contribution >= 0.6 is 0 Å². The zero-order valence-corrected chi connectivity index (χ0v) is 10.8. The Balaban J connectivity index is 1.98. The smallest absolute Gasteiger partial charge is 0.144 e. The minimum atomic E-state index is 0.354.